The molecule has 4 aromatic rings. The first kappa shape index (κ1) is 23.2. The van der Waals surface area contributed by atoms with Gasteiger partial charge in [-0.25, -0.2) is 19.8 Å². The lowest BCUT2D eigenvalue weighted by molar-refractivity contribution is 0.00769. The highest BCUT2D eigenvalue weighted by Crippen LogP contribution is 2.38. The van der Waals surface area contributed by atoms with Gasteiger partial charge in [0.2, 0.25) is 0 Å². The molecule has 180 valence electrons. The normalized spacial score (nSPS) is 22.4. The molecule has 1 saturated carbocycles. The minimum Gasteiger partial charge on any atom is -0.390 e. The summed E-state index contributed by atoms with van der Waals surface area (Å²) in [6.45, 7) is -0.0996. The van der Waals surface area contributed by atoms with Gasteiger partial charge >= 0.3 is 0 Å². The molecule has 4 atom stereocenters. The molecule has 1 aliphatic carbocycles. The van der Waals surface area contributed by atoms with Gasteiger partial charge in [-0.3, -0.25) is 0 Å². The highest BCUT2D eigenvalue weighted by Gasteiger charge is 2.43. The first-order chi connectivity index (χ1) is 16.7. The summed E-state index contributed by atoms with van der Waals surface area (Å²) in [5, 5.41) is 29.0. The fourth-order valence-corrected chi connectivity index (χ4v) is 5.17. The van der Waals surface area contributed by atoms with Crippen LogP contribution in [0.4, 0.5) is 5.82 Å². The molecule has 11 heteroatoms. The molecule has 0 amide bonds. The molecule has 7 N–H and O–H groups in total. The van der Waals surface area contributed by atoms with Crippen LogP contribution in [0.2, 0.25) is 0 Å². The third-order valence-corrected chi connectivity index (χ3v) is 7.00. The number of nitrogens with zero attached hydrogens (tertiary/aromatic N) is 3. The zero-order valence-electron chi connectivity index (χ0n) is 18.5. The molecule has 0 saturated heterocycles. The van der Waals surface area contributed by atoms with Crippen molar-refractivity contribution < 1.29 is 18.6 Å². The lowest BCUT2D eigenvalue weighted by atomic mass is 10.0. The highest BCUT2D eigenvalue weighted by molar-refractivity contribution is 7.87. The Morgan fingerprint density at radius 2 is 1.80 bits per heavy atom. The summed E-state index contributed by atoms with van der Waals surface area (Å²) < 4.78 is 26.5. The summed E-state index contributed by atoms with van der Waals surface area (Å²) in [5.41, 5.74) is 8.08. The van der Waals surface area contributed by atoms with Crippen LogP contribution < -0.4 is 15.6 Å². The molecule has 0 spiro atoms. The average Bonchev–Trinajstić information content (AvgIpc) is 3.34. The molecule has 0 radical (unpaired) electrons. The Bertz CT molecular complexity index is 1580. The van der Waals surface area contributed by atoms with Crippen LogP contribution in [0, 0.1) is 17.8 Å². The van der Waals surface area contributed by atoms with E-state index < -0.39 is 34.4 Å². The van der Waals surface area contributed by atoms with Crippen molar-refractivity contribution >= 4 is 37.8 Å². The standard InChI is InChI=1S/C24H24N6O4S/c25-23-20-16(9-8-15-6-3-5-14-4-1-2-7-18(14)15)12-30(24(20)28-13-27-23)19-10-17(21(31)22(19)32)11-29-35(26,33)34/h1-7,12-13,17,19,21-22,29,31-32H,10-11H2,(H2,25,27,28)(H2,26,33,34)/t17-,19-,21-,22+/m1/s1. The van der Waals surface area contributed by atoms with Gasteiger partial charge in [0, 0.05) is 24.2 Å². The van der Waals surface area contributed by atoms with Gasteiger partial charge in [0.1, 0.15) is 23.9 Å². The molecular formula is C24H24N6O4S. The second-order valence-corrected chi connectivity index (χ2v) is 10.0. The molecule has 1 aliphatic rings. The predicted molar refractivity (Wildman–Crippen MR) is 132 cm³/mol. The van der Waals surface area contributed by atoms with E-state index in [1.54, 1.807) is 10.8 Å². The summed E-state index contributed by atoms with van der Waals surface area (Å²) in [7, 11) is -3.93. The molecule has 0 unspecified atom stereocenters. The quantitative estimate of drug-likeness (QED) is 0.260. The van der Waals surface area contributed by atoms with Crippen LogP contribution in [0.25, 0.3) is 21.8 Å². The summed E-state index contributed by atoms with van der Waals surface area (Å²) in [5.74, 6) is 6.10. The summed E-state index contributed by atoms with van der Waals surface area (Å²) in [6, 6.07) is 13.3. The number of nitrogen functional groups attached to an aromatic ring is 1. The molecule has 2 aromatic heterocycles. The molecule has 35 heavy (non-hydrogen) atoms. The van der Waals surface area contributed by atoms with Gasteiger partial charge in [0.05, 0.1) is 23.1 Å². The van der Waals surface area contributed by atoms with Gasteiger partial charge in [-0.15, -0.1) is 0 Å². The number of aliphatic hydroxyl groups is 2. The van der Waals surface area contributed by atoms with Crippen LogP contribution in [-0.2, 0) is 10.2 Å². The number of hydrogen-bond donors (Lipinski definition) is 5. The molecule has 0 aliphatic heterocycles. The Labute approximate surface area is 201 Å². The first-order valence-electron chi connectivity index (χ1n) is 11.0. The van der Waals surface area contributed by atoms with Crippen molar-refractivity contribution in [2.75, 3.05) is 12.3 Å². The number of nitrogens with one attached hydrogen (secondary N) is 1. The first-order valence-corrected chi connectivity index (χ1v) is 12.5. The number of aliphatic hydroxyl groups excluding tert-OH is 2. The van der Waals surface area contributed by atoms with Crippen LogP contribution >= 0.6 is 0 Å². The van der Waals surface area contributed by atoms with Crippen LogP contribution in [0.1, 0.15) is 23.6 Å². The van der Waals surface area contributed by atoms with E-state index in [9.17, 15) is 18.6 Å². The fourth-order valence-electron chi connectivity index (χ4n) is 4.73. The lowest BCUT2D eigenvalue weighted by Crippen LogP contribution is -2.38. The molecule has 1 fully saturated rings. The van der Waals surface area contributed by atoms with Gasteiger partial charge in [-0.1, -0.05) is 48.2 Å². The summed E-state index contributed by atoms with van der Waals surface area (Å²) in [6.07, 6.45) is 1.04. The second-order valence-electron chi connectivity index (χ2n) is 8.62. The van der Waals surface area contributed by atoms with E-state index in [2.05, 4.69) is 26.5 Å². The predicted octanol–water partition coefficient (Wildman–Crippen LogP) is 0.642. The lowest BCUT2D eigenvalue weighted by Gasteiger charge is -2.18. The van der Waals surface area contributed by atoms with Crippen LogP contribution in [0.15, 0.2) is 55.0 Å². The Morgan fingerprint density at radius 3 is 2.60 bits per heavy atom. The number of hydrogen-bond acceptors (Lipinski definition) is 7. The van der Waals surface area contributed by atoms with E-state index in [4.69, 9.17) is 10.9 Å². The monoisotopic (exact) mass is 492 g/mol. The average molecular weight is 493 g/mol. The SMILES string of the molecule is Nc1ncnc2c1c(C#Cc1cccc3ccccc13)cn2[C@@H]1C[C@H](CNS(N)(=O)=O)[C@@H](O)[C@H]1O. The topological polar surface area (TPSA) is 169 Å². The zero-order valence-corrected chi connectivity index (χ0v) is 19.4. The number of rotatable bonds is 4. The zero-order chi connectivity index (χ0) is 24.7. The summed E-state index contributed by atoms with van der Waals surface area (Å²) in [4.78, 5) is 8.46. The van der Waals surface area contributed by atoms with Crippen LogP contribution in [0.5, 0.6) is 0 Å². The Morgan fingerprint density at radius 1 is 1.06 bits per heavy atom. The number of benzene rings is 2. The highest BCUT2D eigenvalue weighted by atomic mass is 32.2. The van der Waals surface area contributed by atoms with Crippen molar-refractivity contribution in [2.45, 2.75) is 24.7 Å². The van der Waals surface area contributed by atoms with Crippen LogP contribution in [-0.4, -0.2) is 51.9 Å². The van der Waals surface area contributed by atoms with Gasteiger partial charge in [-0.05, 0) is 23.3 Å². The van der Waals surface area contributed by atoms with Gasteiger partial charge in [0.15, 0.2) is 0 Å². The smallest absolute Gasteiger partial charge is 0.274 e. The van der Waals surface area contributed by atoms with Crippen molar-refractivity contribution in [1.82, 2.24) is 19.3 Å². The van der Waals surface area contributed by atoms with Crippen LogP contribution in [0.3, 0.4) is 0 Å². The van der Waals surface area contributed by atoms with Crippen molar-refractivity contribution in [2.24, 2.45) is 11.1 Å². The van der Waals surface area contributed by atoms with E-state index in [1.807, 2.05) is 42.5 Å². The minimum atomic E-state index is -3.93. The third kappa shape index (κ3) is 4.45. The Kier molecular flexibility index (Phi) is 5.92. The summed E-state index contributed by atoms with van der Waals surface area (Å²) >= 11 is 0. The molecule has 5 rings (SSSR count). The Hall–Kier alpha value is -3.53. The maximum atomic E-state index is 11.3. The third-order valence-electron chi connectivity index (χ3n) is 6.44. The van der Waals surface area contributed by atoms with Gasteiger partial charge in [-0.2, -0.15) is 8.42 Å². The van der Waals surface area contributed by atoms with Crippen molar-refractivity contribution in [3.63, 3.8) is 0 Å². The van der Waals surface area contributed by atoms with E-state index in [0.717, 1.165) is 16.3 Å². The molecule has 10 nitrogen and oxygen atoms in total. The number of fused-ring (bicyclic) bond motifs is 2. The van der Waals surface area contributed by atoms with E-state index in [0.29, 0.717) is 16.6 Å². The minimum absolute atomic E-state index is 0.0996. The number of aromatic nitrogens is 3. The molecule has 2 aromatic carbocycles. The van der Waals surface area contributed by atoms with Crippen molar-refractivity contribution in [3.8, 4) is 11.8 Å². The van der Waals surface area contributed by atoms with Crippen molar-refractivity contribution in [1.29, 1.82) is 0 Å². The van der Waals surface area contributed by atoms with E-state index >= 15 is 0 Å². The largest absolute Gasteiger partial charge is 0.390 e. The molecule has 2 heterocycles. The Balaban J connectivity index is 1.55. The molecular weight excluding hydrogens is 468 g/mol. The maximum Gasteiger partial charge on any atom is 0.274 e. The number of nitrogens with two attached hydrogens (primary N) is 2. The second kappa shape index (κ2) is 8.92. The van der Waals surface area contributed by atoms with Gasteiger partial charge in [0.25, 0.3) is 10.2 Å². The maximum absolute atomic E-state index is 11.3. The molecule has 0 bridgehead atoms. The van der Waals surface area contributed by atoms with Gasteiger partial charge < -0.3 is 20.5 Å². The van der Waals surface area contributed by atoms with E-state index in [1.165, 1.54) is 6.33 Å². The van der Waals surface area contributed by atoms with Crippen molar-refractivity contribution in [3.05, 3.63) is 66.1 Å². The fraction of sp³-hybridized carbons (Fsp3) is 0.250. The van der Waals surface area contributed by atoms with E-state index in [-0.39, 0.29) is 18.8 Å². The number of anilines is 1.